The molecule has 1 aliphatic rings. The first-order valence-corrected chi connectivity index (χ1v) is 9.54. The zero-order valence-electron chi connectivity index (χ0n) is 14.7. The van der Waals surface area contributed by atoms with Crippen LogP contribution in [0.3, 0.4) is 0 Å². The fourth-order valence-electron chi connectivity index (χ4n) is 3.83. The van der Waals surface area contributed by atoms with Gasteiger partial charge in [-0.25, -0.2) is 0 Å². The van der Waals surface area contributed by atoms with Crippen molar-refractivity contribution in [2.75, 3.05) is 0 Å². The number of rotatable bonds is 9. The fourth-order valence-corrected chi connectivity index (χ4v) is 3.83. The summed E-state index contributed by atoms with van der Waals surface area (Å²) >= 11 is 0. The molecule has 1 fully saturated rings. The average Bonchev–Trinajstić information content (AvgIpc) is 2.94. The lowest BCUT2D eigenvalue weighted by Crippen LogP contribution is -2.35. The maximum atomic E-state index is 6.43. The Balaban J connectivity index is 1.74. The minimum Gasteiger partial charge on any atom is -0.325 e. The molecule has 0 amide bonds. The van der Waals surface area contributed by atoms with Gasteiger partial charge in [-0.1, -0.05) is 70.2 Å². The molecule has 1 nitrogen and oxygen atoms in total. The van der Waals surface area contributed by atoms with Crippen molar-refractivity contribution in [3.05, 3.63) is 35.4 Å². The summed E-state index contributed by atoms with van der Waals surface area (Å²) in [6.45, 7) is 4.51. The van der Waals surface area contributed by atoms with Crippen LogP contribution in [0.15, 0.2) is 24.3 Å². The third kappa shape index (κ3) is 5.12. The van der Waals surface area contributed by atoms with Crippen molar-refractivity contribution >= 4 is 0 Å². The highest BCUT2D eigenvalue weighted by molar-refractivity contribution is 5.27. The van der Waals surface area contributed by atoms with Gasteiger partial charge in [0.2, 0.25) is 0 Å². The van der Waals surface area contributed by atoms with Gasteiger partial charge < -0.3 is 5.73 Å². The Labute approximate surface area is 137 Å². The SMILES string of the molecule is CCCCCCCCc1ccc([C@H]2CC[C@@](N)(CC)C2)cc1. The second-order valence-electron chi connectivity index (χ2n) is 7.41. The van der Waals surface area contributed by atoms with E-state index in [0.717, 1.165) is 6.42 Å². The Hall–Kier alpha value is -0.820. The van der Waals surface area contributed by atoms with Gasteiger partial charge in [0.1, 0.15) is 0 Å². The van der Waals surface area contributed by atoms with Gasteiger partial charge in [0.15, 0.2) is 0 Å². The van der Waals surface area contributed by atoms with Crippen molar-refractivity contribution in [1.82, 2.24) is 0 Å². The fraction of sp³-hybridized carbons (Fsp3) is 0.714. The minimum absolute atomic E-state index is 0.0990. The molecule has 1 aliphatic carbocycles. The highest BCUT2D eigenvalue weighted by Gasteiger charge is 2.34. The third-order valence-corrected chi connectivity index (χ3v) is 5.62. The monoisotopic (exact) mass is 301 g/mol. The Bertz CT molecular complexity index is 422. The number of hydrogen-bond acceptors (Lipinski definition) is 1. The molecule has 22 heavy (non-hydrogen) atoms. The average molecular weight is 302 g/mol. The molecule has 0 aromatic heterocycles. The van der Waals surface area contributed by atoms with Gasteiger partial charge in [-0.3, -0.25) is 0 Å². The molecule has 0 saturated heterocycles. The summed E-state index contributed by atoms with van der Waals surface area (Å²) in [6.07, 6.45) is 14.3. The van der Waals surface area contributed by atoms with Crippen LogP contribution in [-0.4, -0.2) is 5.54 Å². The Morgan fingerprint density at radius 1 is 1.00 bits per heavy atom. The van der Waals surface area contributed by atoms with Crippen molar-refractivity contribution in [2.45, 2.75) is 95.9 Å². The topological polar surface area (TPSA) is 26.0 Å². The molecule has 0 aliphatic heterocycles. The van der Waals surface area contributed by atoms with E-state index in [1.54, 1.807) is 0 Å². The highest BCUT2D eigenvalue weighted by atomic mass is 14.8. The first-order chi connectivity index (χ1) is 10.7. The Morgan fingerprint density at radius 2 is 1.68 bits per heavy atom. The standard InChI is InChI=1S/C21H35N/c1-3-5-6-7-8-9-10-18-11-13-19(14-12-18)20-15-16-21(22,4-2)17-20/h11-14,20H,3-10,15-17,22H2,1-2H3/t20-,21-/m0/s1. The first kappa shape index (κ1) is 17.5. The van der Waals surface area contributed by atoms with Crippen LogP contribution in [0, 0.1) is 0 Å². The summed E-state index contributed by atoms with van der Waals surface area (Å²) in [5, 5.41) is 0. The van der Waals surface area contributed by atoms with E-state index in [-0.39, 0.29) is 5.54 Å². The normalized spacial score (nSPS) is 24.8. The molecule has 1 heteroatoms. The quantitative estimate of drug-likeness (QED) is 0.559. The lowest BCUT2D eigenvalue weighted by Gasteiger charge is -2.22. The van der Waals surface area contributed by atoms with Crippen LogP contribution >= 0.6 is 0 Å². The molecule has 0 bridgehead atoms. The molecule has 1 aromatic carbocycles. The van der Waals surface area contributed by atoms with Crippen LogP contribution in [0.1, 0.15) is 95.1 Å². The van der Waals surface area contributed by atoms with Gasteiger partial charge >= 0.3 is 0 Å². The molecule has 0 spiro atoms. The lowest BCUT2D eigenvalue weighted by molar-refractivity contribution is 0.418. The zero-order chi connectivity index (χ0) is 15.8. The summed E-state index contributed by atoms with van der Waals surface area (Å²) in [6, 6.07) is 9.42. The molecule has 2 atom stereocenters. The number of aryl methyl sites for hydroxylation is 1. The van der Waals surface area contributed by atoms with Gasteiger partial charge in [0.25, 0.3) is 0 Å². The number of unbranched alkanes of at least 4 members (excludes halogenated alkanes) is 5. The molecule has 0 heterocycles. The molecule has 0 radical (unpaired) electrons. The van der Waals surface area contributed by atoms with E-state index in [0.29, 0.717) is 5.92 Å². The maximum Gasteiger partial charge on any atom is 0.0157 e. The van der Waals surface area contributed by atoms with Crippen molar-refractivity contribution in [3.8, 4) is 0 Å². The zero-order valence-corrected chi connectivity index (χ0v) is 14.7. The summed E-state index contributed by atoms with van der Waals surface area (Å²) in [5.74, 6) is 0.688. The second-order valence-corrected chi connectivity index (χ2v) is 7.41. The first-order valence-electron chi connectivity index (χ1n) is 9.54. The largest absolute Gasteiger partial charge is 0.325 e. The smallest absolute Gasteiger partial charge is 0.0157 e. The molecular weight excluding hydrogens is 266 g/mol. The third-order valence-electron chi connectivity index (χ3n) is 5.62. The number of nitrogens with two attached hydrogens (primary N) is 1. The number of benzene rings is 1. The summed E-state index contributed by atoms with van der Waals surface area (Å²) in [5.41, 5.74) is 9.54. The second kappa shape index (κ2) is 8.72. The van der Waals surface area contributed by atoms with E-state index in [9.17, 15) is 0 Å². The van der Waals surface area contributed by atoms with Gasteiger partial charge in [-0.05, 0) is 55.6 Å². The molecule has 2 rings (SSSR count). The summed E-state index contributed by atoms with van der Waals surface area (Å²) in [7, 11) is 0. The van der Waals surface area contributed by atoms with Crippen LogP contribution in [0.4, 0.5) is 0 Å². The van der Waals surface area contributed by atoms with Crippen molar-refractivity contribution in [2.24, 2.45) is 5.73 Å². The Kier molecular flexibility index (Phi) is 6.95. The van der Waals surface area contributed by atoms with E-state index in [1.807, 2.05) is 0 Å². The molecule has 1 aromatic rings. The van der Waals surface area contributed by atoms with E-state index < -0.39 is 0 Å². The molecule has 2 N–H and O–H groups in total. The lowest BCUT2D eigenvalue weighted by atomic mass is 9.91. The van der Waals surface area contributed by atoms with Crippen molar-refractivity contribution in [1.29, 1.82) is 0 Å². The predicted molar refractivity (Wildman–Crippen MR) is 97.3 cm³/mol. The van der Waals surface area contributed by atoms with Gasteiger partial charge in [0.05, 0.1) is 0 Å². The molecule has 0 unspecified atom stereocenters. The van der Waals surface area contributed by atoms with Crippen LogP contribution in [0.5, 0.6) is 0 Å². The maximum absolute atomic E-state index is 6.43. The van der Waals surface area contributed by atoms with E-state index in [2.05, 4.69) is 38.1 Å². The van der Waals surface area contributed by atoms with Crippen LogP contribution in [0.25, 0.3) is 0 Å². The van der Waals surface area contributed by atoms with E-state index in [4.69, 9.17) is 5.73 Å². The minimum atomic E-state index is 0.0990. The summed E-state index contributed by atoms with van der Waals surface area (Å²) < 4.78 is 0. The summed E-state index contributed by atoms with van der Waals surface area (Å²) in [4.78, 5) is 0. The van der Waals surface area contributed by atoms with Crippen molar-refractivity contribution < 1.29 is 0 Å². The molecule has 1 saturated carbocycles. The Morgan fingerprint density at radius 3 is 2.32 bits per heavy atom. The molecule has 124 valence electrons. The number of hydrogen-bond donors (Lipinski definition) is 1. The highest BCUT2D eigenvalue weighted by Crippen LogP contribution is 2.41. The van der Waals surface area contributed by atoms with E-state index >= 15 is 0 Å². The van der Waals surface area contributed by atoms with Gasteiger partial charge in [0, 0.05) is 5.54 Å². The molecular formula is C21H35N. The van der Waals surface area contributed by atoms with Crippen LogP contribution in [-0.2, 0) is 6.42 Å². The van der Waals surface area contributed by atoms with E-state index in [1.165, 1.54) is 75.3 Å². The van der Waals surface area contributed by atoms with Crippen LogP contribution in [0.2, 0.25) is 0 Å². The van der Waals surface area contributed by atoms with Gasteiger partial charge in [-0.2, -0.15) is 0 Å². The van der Waals surface area contributed by atoms with Crippen molar-refractivity contribution in [3.63, 3.8) is 0 Å². The predicted octanol–water partition coefficient (Wildman–Crippen LogP) is 5.96. The van der Waals surface area contributed by atoms with Crippen LogP contribution < -0.4 is 5.73 Å². The van der Waals surface area contributed by atoms with Gasteiger partial charge in [-0.15, -0.1) is 0 Å².